The van der Waals surface area contributed by atoms with Crippen molar-refractivity contribution in [1.29, 1.82) is 0 Å². The largest absolute Gasteiger partial charge is 0.496 e. The lowest BCUT2D eigenvalue weighted by molar-refractivity contribution is -0.139. The van der Waals surface area contributed by atoms with Crippen molar-refractivity contribution in [3.8, 4) is 5.75 Å². The number of carbonyl (C=O) groups excluding carboxylic acids is 1. The van der Waals surface area contributed by atoms with Gasteiger partial charge < -0.3 is 14.4 Å². The molecule has 0 saturated carbocycles. The number of aryl methyl sites for hydroxylation is 1. The number of hydrogen-bond acceptors (Lipinski definition) is 7. The Kier molecular flexibility index (Phi) is 7.45. The minimum atomic E-state index is -0.792. The second kappa shape index (κ2) is 10.8. The first kappa shape index (κ1) is 26.3. The molecule has 0 N–H and O–H groups in total. The number of anilines is 1. The summed E-state index contributed by atoms with van der Waals surface area (Å²) >= 11 is 7.67. The van der Waals surface area contributed by atoms with Crippen LogP contribution in [-0.4, -0.2) is 37.3 Å². The fourth-order valence-corrected chi connectivity index (χ4v) is 6.36. The molecule has 1 atom stereocenters. The van der Waals surface area contributed by atoms with Crippen molar-refractivity contribution in [3.63, 3.8) is 0 Å². The zero-order valence-corrected chi connectivity index (χ0v) is 23.5. The molecule has 1 fully saturated rings. The quantitative estimate of drug-likeness (QED) is 0.425. The average Bonchev–Trinajstić information content (AvgIpc) is 3.53. The van der Waals surface area contributed by atoms with Gasteiger partial charge in [0.25, 0.3) is 5.56 Å². The monoisotopic (exact) mass is 551 g/mol. The molecule has 0 aliphatic carbocycles. The summed E-state index contributed by atoms with van der Waals surface area (Å²) in [6.45, 7) is 7.92. The Labute approximate surface area is 230 Å². The van der Waals surface area contributed by atoms with Crippen LogP contribution in [0.5, 0.6) is 5.75 Å². The predicted octanol–water partition coefficient (Wildman–Crippen LogP) is 4.37. The van der Waals surface area contributed by atoms with E-state index in [4.69, 9.17) is 21.1 Å². The van der Waals surface area contributed by atoms with Crippen LogP contribution < -0.4 is 24.5 Å². The van der Waals surface area contributed by atoms with Crippen molar-refractivity contribution >= 4 is 40.7 Å². The average molecular weight is 552 g/mol. The van der Waals surface area contributed by atoms with E-state index in [0.717, 1.165) is 24.2 Å². The van der Waals surface area contributed by atoms with Gasteiger partial charge in [0.2, 0.25) is 0 Å². The molecule has 2 aliphatic rings. The molecule has 198 valence electrons. The van der Waals surface area contributed by atoms with Crippen LogP contribution in [0.2, 0.25) is 5.02 Å². The summed E-state index contributed by atoms with van der Waals surface area (Å²) in [6.07, 6.45) is 4.34. The van der Waals surface area contributed by atoms with Crippen molar-refractivity contribution in [2.24, 2.45) is 4.99 Å². The number of benzene rings is 2. The topological polar surface area (TPSA) is 73.1 Å². The molecule has 2 aromatic carbocycles. The normalized spacial score (nSPS) is 17.4. The van der Waals surface area contributed by atoms with Gasteiger partial charge in [0.1, 0.15) is 11.8 Å². The maximum atomic E-state index is 13.9. The molecule has 0 amide bonds. The van der Waals surface area contributed by atoms with Crippen LogP contribution >= 0.6 is 22.9 Å². The van der Waals surface area contributed by atoms with Crippen molar-refractivity contribution in [3.05, 3.63) is 89.1 Å². The van der Waals surface area contributed by atoms with Gasteiger partial charge in [-0.05, 0) is 81.1 Å². The molecule has 0 unspecified atom stereocenters. The predicted molar refractivity (Wildman–Crippen MR) is 151 cm³/mol. The SMILES string of the molecule is CCOC(=O)C1=C(C)N=c2s/c(=C\c3ccc(N4CCCC4)cc3C)c(=O)n2[C@@H]1c1cc(Cl)ccc1OC. The van der Waals surface area contributed by atoms with Crippen LogP contribution in [0.4, 0.5) is 5.69 Å². The summed E-state index contributed by atoms with van der Waals surface area (Å²) < 4.78 is 13.1. The van der Waals surface area contributed by atoms with Gasteiger partial charge in [-0.15, -0.1) is 0 Å². The van der Waals surface area contributed by atoms with Gasteiger partial charge in [-0.1, -0.05) is 29.0 Å². The van der Waals surface area contributed by atoms with Crippen LogP contribution in [-0.2, 0) is 9.53 Å². The molecular formula is C29H30ClN3O4S. The van der Waals surface area contributed by atoms with E-state index in [2.05, 4.69) is 35.0 Å². The van der Waals surface area contributed by atoms with Crippen LogP contribution in [0, 0.1) is 6.92 Å². The maximum absolute atomic E-state index is 13.9. The molecule has 7 nitrogen and oxygen atoms in total. The van der Waals surface area contributed by atoms with Gasteiger partial charge >= 0.3 is 5.97 Å². The summed E-state index contributed by atoms with van der Waals surface area (Å²) in [5.41, 5.74) is 4.41. The number of allylic oxidation sites excluding steroid dienone is 1. The molecule has 38 heavy (non-hydrogen) atoms. The van der Waals surface area contributed by atoms with Gasteiger partial charge in [-0.2, -0.15) is 0 Å². The fraction of sp³-hybridized carbons (Fsp3) is 0.345. The van der Waals surface area contributed by atoms with Gasteiger partial charge in [0.15, 0.2) is 4.80 Å². The summed E-state index contributed by atoms with van der Waals surface area (Å²) in [7, 11) is 1.55. The second-order valence-corrected chi connectivity index (χ2v) is 10.9. The number of ether oxygens (including phenoxy) is 2. The van der Waals surface area contributed by atoms with E-state index >= 15 is 0 Å². The number of rotatable bonds is 6. The van der Waals surface area contributed by atoms with E-state index in [-0.39, 0.29) is 17.7 Å². The molecule has 9 heteroatoms. The summed E-state index contributed by atoms with van der Waals surface area (Å²) in [5, 5.41) is 0.467. The van der Waals surface area contributed by atoms with E-state index < -0.39 is 12.0 Å². The molecule has 0 radical (unpaired) electrons. The molecule has 0 spiro atoms. The zero-order chi connectivity index (χ0) is 27.0. The third-order valence-electron chi connectivity index (χ3n) is 7.01. The Bertz CT molecular complexity index is 1620. The third kappa shape index (κ3) is 4.78. The minimum Gasteiger partial charge on any atom is -0.496 e. The minimum absolute atomic E-state index is 0.201. The second-order valence-electron chi connectivity index (χ2n) is 9.42. The maximum Gasteiger partial charge on any atom is 0.338 e. The molecule has 1 saturated heterocycles. The van der Waals surface area contributed by atoms with E-state index in [0.29, 0.717) is 31.4 Å². The Morgan fingerprint density at radius 3 is 2.63 bits per heavy atom. The highest BCUT2D eigenvalue weighted by Crippen LogP contribution is 2.37. The van der Waals surface area contributed by atoms with Gasteiger partial charge in [0, 0.05) is 29.4 Å². The van der Waals surface area contributed by atoms with Gasteiger partial charge in [0.05, 0.1) is 29.5 Å². The number of aromatic nitrogens is 1. The summed E-state index contributed by atoms with van der Waals surface area (Å²) in [4.78, 5) is 34.6. The molecular weight excluding hydrogens is 522 g/mol. The number of fused-ring (bicyclic) bond motifs is 1. The lowest BCUT2D eigenvalue weighted by Crippen LogP contribution is -2.40. The van der Waals surface area contributed by atoms with Gasteiger partial charge in [-0.3, -0.25) is 9.36 Å². The Morgan fingerprint density at radius 1 is 1.18 bits per heavy atom. The van der Waals surface area contributed by atoms with E-state index in [1.165, 1.54) is 29.9 Å². The Hall–Kier alpha value is -3.36. The zero-order valence-electron chi connectivity index (χ0n) is 21.9. The number of nitrogens with zero attached hydrogens (tertiary/aromatic N) is 3. The number of esters is 1. The fourth-order valence-electron chi connectivity index (χ4n) is 5.14. The smallest absolute Gasteiger partial charge is 0.338 e. The van der Waals surface area contributed by atoms with Gasteiger partial charge in [-0.25, -0.2) is 9.79 Å². The summed E-state index contributed by atoms with van der Waals surface area (Å²) in [5.74, 6) is -0.0118. The van der Waals surface area contributed by atoms with Crippen LogP contribution in [0.15, 0.2) is 57.5 Å². The first-order valence-corrected chi connectivity index (χ1v) is 13.9. The van der Waals surface area contributed by atoms with Crippen LogP contribution in [0.25, 0.3) is 6.08 Å². The van der Waals surface area contributed by atoms with E-state index in [1.54, 1.807) is 43.7 Å². The van der Waals surface area contributed by atoms with E-state index in [9.17, 15) is 9.59 Å². The molecule has 2 aliphatic heterocycles. The standard InChI is InChI=1S/C29H30ClN3O4S/c1-5-37-28(35)25-18(3)31-29-33(26(25)22-16-20(30)9-11-23(22)36-4)27(34)24(38-29)15-19-8-10-21(14-17(19)2)32-12-6-7-13-32/h8-11,14-16,26H,5-7,12-13H2,1-4H3/b24-15-/t26-/m1/s1. The highest BCUT2D eigenvalue weighted by atomic mass is 35.5. The number of thiazole rings is 1. The number of hydrogen-bond donors (Lipinski definition) is 0. The highest BCUT2D eigenvalue weighted by molar-refractivity contribution is 7.07. The molecule has 0 bridgehead atoms. The third-order valence-corrected chi connectivity index (χ3v) is 8.23. The first-order chi connectivity index (χ1) is 18.3. The molecule has 5 rings (SSSR count). The highest BCUT2D eigenvalue weighted by Gasteiger charge is 2.35. The van der Waals surface area contributed by atoms with Crippen molar-refractivity contribution in [2.45, 2.75) is 39.7 Å². The van der Waals surface area contributed by atoms with Crippen molar-refractivity contribution < 1.29 is 14.3 Å². The number of carbonyl (C=O) groups is 1. The lowest BCUT2D eigenvalue weighted by atomic mass is 9.95. The Morgan fingerprint density at radius 2 is 1.95 bits per heavy atom. The summed E-state index contributed by atoms with van der Waals surface area (Å²) in [6, 6.07) is 10.7. The van der Waals surface area contributed by atoms with Crippen LogP contribution in [0.1, 0.15) is 49.4 Å². The van der Waals surface area contributed by atoms with E-state index in [1.807, 2.05) is 6.08 Å². The van der Waals surface area contributed by atoms with Crippen molar-refractivity contribution in [2.75, 3.05) is 31.7 Å². The lowest BCUT2D eigenvalue weighted by Gasteiger charge is -2.26. The molecule has 1 aromatic heterocycles. The molecule has 3 heterocycles. The van der Waals surface area contributed by atoms with Crippen LogP contribution in [0.3, 0.4) is 0 Å². The van der Waals surface area contributed by atoms with Crippen molar-refractivity contribution in [1.82, 2.24) is 4.57 Å². The molecule has 3 aromatic rings. The Balaban J connectivity index is 1.68. The number of halogens is 1. The number of methoxy groups -OCH3 is 1. The first-order valence-electron chi connectivity index (χ1n) is 12.7.